The van der Waals surface area contributed by atoms with Gasteiger partial charge in [0, 0.05) is 11.2 Å². The highest BCUT2D eigenvalue weighted by Gasteiger charge is 2.15. The molecule has 2 heterocycles. The molecule has 0 fully saturated rings. The van der Waals surface area contributed by atoms with Gasteiger partial charge in [-0.1, -0.05) is 18.2 Å². The minimum absolute atomic E-state index is 0.209. The smallest absolute Gasteiger partial charge is 0.271 e. The fourth-order valence-electron chi connectivity index (χ4n) is 2.80. The molecule has 0 saturated heterocycles. The molecule has 0 aliphatic rings. The third-order valence-electron chi connectivity index (χ3n) is 4.14. The minimum Gasteiger partial charge on any atom is -0.350 e. The molecule has 0 atom stereocenters. The van der Waals surface area contributed by atoms with Gasteiger partial charge in [-0.05, 0) is 29.8 Å². The predicted molar refractivity (Wildman–Crippen MR) is 99.6 cm³/mol. The molecule has 8 heteroatoms. The first-order valence-corrected chi connectivity index (χ1v) is 8.92. The summed E-state index contributed by atoms with van der Waals surface area (Å²) in [5.41, 5.74) is 0.657. The molecule has 0 radical (unpaired) electrons. The van der Waals surface area contributed by atoms with Crippen LogP contribution < -0.4 is 10.9 Å². The Hall–Kier alpha value is -3.13. The summed E-state index contributed by atoms with van der Waals surface area (Å²) in [6, 6.07) is 10.4. The normalized spacial score (nSPS) is 11.2. The van der Waals surface area contributed by atoms with E-state index in [1.807, 2.05) is 0 Å². The fraction of sp³-hybridized carbons (Fsp3) is 0.105. The molecule has 0 aliphatic heterocycles. The van der Waals surface area contributed by atoms with Crippen LogP contribution in [0.1, 0.15) is 5.56 Å². The standard InChI is InChI=1S/C19H13F2N3O2S/c20-12-6-4-11(5-7-12)8-22-15(25)9-24-10-23-17-16-13(21)2-1-3-14(16)27-18(17)19(24)26/h1-7,10H,8-9H2,(H,22,25). The Morgan fingerprint density at radius 3 is 2.70 bits per heavy atom. The molecule has 0 aliphatic carbocycles. The summed E-state index contributed by atoms with van der Waals surface area (Å²) in [6.07, 6.45) is 1.25. The van der Waals surface area contributed by atoms with Gasteiger partial charge >= 0.3 is 0 Å². The molecular weight excluding hydrogens is 372 g/mol. The van der Waals surface area contributed by atoms with Crippen molar-refractivity contribution in [2.75, 3.05) is 0 Å². The number of benzene rings is 2. The average molecular weight is 385 g/mol. The SMILES string of the molecule is O=C(Cn1cnc2c(sc3cccc(F)c32)c1=O)NCc1ccc(F)cc1. The van der Waals surface area contributed by atoms with Crippen LogP contribution in [0, 0.1) is 11.6 Å². The highest BCUT2D eigenvalue weighted by Crippen LogP contribution is 2.31. The number of carbonyl (C=O) groups excluding carboxylic acids is 1. The van der Waals surface area contributed by atoms with Crippen LogP contribution in [0.2, 0.25) is 0 Å². The van der Waals surface area contributed by atoms with Gasteiger partial charge in [0.2, 0.25) is 5.91 Å². The largest absolute Gasteiger partial charge is 0.350 e. The van der Waals surface area contributed by atoms with E-state index in [0.717, 1.165) is 16.9 Å². The third kappa shape index (κ3) is 3.31. The number of nitrogens with zero attached hydrogens (tertiary/aromatic N) is 2. The summed E-state index contributed by atoms with van der Waals surface area (Å²) >= 11 is 1.15. The molecule has 27 heavy (non-hydrogen) atoms. The summed E-state index contributed by atoms with van der Waals surface area (Å²) in [7, 11) is 0. The van der Waals surface area contributed by atoms with Crippen LogP contribution in [0.5, 0.6) is 0 Å². The van der Waals surface area contributed by atoms with Gasteiger partial charge in [-0.25, -0.2) is 13.8 Å². The summed E-state index contributed by atoms with van der Waals surface area (Å²) in [6.45, 7) is 0.0112. The van der Waals surface area contributed by atoms with Crippen molar-refractivity contribution in [3.05, 3.63) is 76.3 Å². The molecule has 2 aromatic carbocycles. The van der Waals surface area contributed by atoms with Gasteiger partial charge in [0.25, 0.3) is 5.56 Å². The van der Waals surface area contributed by atoms with Crippen molar-refractivity contribution in [1.29, 1.82) is 0 Å². The van der Waals surface area contributed by atoms with Crippen LogP contribution >= 0.6 is 11.3 Å². The number of fused-ring (bicyclic) bond motifs is 3. The Kier molecular flexibility index (Phi) is 4.41. The first-order chi connectivity index (χ1) is 13.0. The molecule has 0 bridgehead atoms. The molecule has 2 aromatic heterocycles. The first-order valence-electron chi connectivity index (χ1n) is 8.10. The molecule has 0 saturated carbocycles. The highest BCUT2D eigenvalue weighted by molar-refractivity contribution is 7.25. The number of amides is 1. The molecule has 0 spiro atoms. The number of hydrogen-bond acceptors (Lipinski definition) is 4. The molecule has 136 valence electrons. The molecule has 1 amide bonds. The molecule has 5 nitrogen and oxygen atoms in total. The summed E-state index contributed by atoms with van der Waals surface area (Å²) in [5.74, 6) is -1.16. The van der Waals surface area contributed by atoms with Crippen LogP contribution in [0.25, 0.3) is 20.3 Å². The number of hydrogen-bond donors (Lipinski definition) is 1. The maximum atomic E-state index is 14.0. The van der Waals surface area contributed by atoms with Crippen molar-refractivity contribution in [1.82, 2.24) is 14.9 Å². The van der Waals surface area contributed by atoms with Gasteiger partial charge in [0.05, 0.1) is 17.2 Å². The Labute approximate surface area is 155 Å². The van der Waals surface area contributed by atoms with E-state index in [2.05, 4.69) is 10.3 Å². The Morgan fingerprint density at radius 1 is 1.15 bits per heavy atom. The highest BCUT2D eigenvalue weighted by atomic mass is 32.1. The maximum Gasteiger partial charge on any atom is 0.271 e. The van der Waals surface area contributed by atoms with Crippen molar-refractivity contribution in [2.24, 2.45) is 0 Å². The van der Waals surface area contributed by atoms with Gasteiger partial charge in [0.1, 0.15) is 22.9 Å². The molecular formula is C19H13F2N3O2S. The monoisotopic (exact) mass is 385 g/mol. The van der Waals surface area contributed by atoms with Crippen molar-refractivity contribution in [3.8, 4) is 0 Å². The third-order valence-corrected chi connectivity index (χ3v) is 5.27. The van der Waals surface area contributed by atoms with Crippen LogP contribution in [0.15, 0.2) is 53.6 Å². The summed E-state index contributed by atoms with van der Waals surface area (Å²) < 4.78 is 29.1. The van der Waals surface area contributed by atoms with Gasteiger partial charge in [-0.3, -0.25) is 14.2 Å². The van der Waals surface area contributed by atoms with E-state index in [-0.39, 0.29) is 24.8 Å². The molecule has 4 aromatic rings. The van der Waals surface area contributed by atoms with Crippen LogP contribution in [-0.4, -0.2) is 15.5 Å². The van der Waals surface area contributed by atoms with E-state index in [1.165, 1.54) is 29.1 Å². The number of nitrogens with one attached hydrogen (secondary N) is 1. The summed E-state index contributed by atoms with van der Waals surface area (Å²) in [4.78, 5) is 29.0. The number of rotatable bonds is 4. The Bertz CT molecular complexity index is 1220. The maximum absolute atomic E-state index is 14.0. The van der Waals surface area contributed by atoms with E-state index in [1.54, 1.807) is 24.3 Å². The average Bonchev–Trinajstić information content (AvgIpc) is 3.04. The van der Waals surface area contributed by atoms with Gasteiger partial charge < -0.3 is 5.32 Å². The van der Waals surface area contributed by atoms with Crippen LogP contribution in [-0.2, 0) is 17.9 Å². The van der Waals surface area contributed by atoms with Crippen LogP contribution in [0.4, 0.5) is 8.78 Å². The van der Waals surface area contributed by atoms with Gasteiger partial charge in [-0.15, -0.1) is 11.3 Å². The van der Waals surface area contributed by atoms with Gasteiger partial charge in [-0.2, -0.15) is 0 Å². The van der Waals surface area contributed by atoms with E-state index >= 15 is 0 Å². The van der Waals surface area contributed by atoms with Crippen LogP contribution in [0.3, 0.4) is 0 Å². The second-order valence-corrected chi connectivity index (χ2v) is 7.03. The van der Waals surface area contributed by atoms with Crippen molar-refractivity contribution in [2.45, 2.75) is 13.1 Å². The zero-order valence-corrected chi connectivity index (χ0v) is 14.7. The molecule has 0 unspecified atom stereocenters. The quantitative estimate of drug-likeness (QED) is 0.587. The molecule has 4 rings (SSSR count). The number of thiophene rings is 1. The Morgan fingerprint density at radius 2 is 1.93 bits per heavy atom. The van der Waals surface area contributed by atoms with E-state index in [9.17, 15) is 18.4 Å². The lowest BCUT2D eigenvalue weighted by molar-refractivity contribution is -0.121. The van der Waals surface area contributed by atoms with Crippen molar-refractivity contribution >= 4 is 37.5 Å². The number of aromatic nitrogens is 2. The fourth-order valence-corrected chi connectivity index (χ4v) is 3.91. The Balaban J connectivity index is 1.57. The number of halogens is 2. The lowest BCUT2D eigenvalue weighted by Gasteiger charge is -2.07. The lowest BCUT2D eigenvalue weighted by atomic mass is 10.2. The second-order valence-electron chi connectivity index (χ2n) is 5.97. The zero-order valence-electron chi connectivity index (χ0n) is 13.9. The van der Waals surface area contributed by atoms with Crippen molar-refractivity contribution in [3.63, 3.8) is 0 Å². The topological polar surface area (TPSA) is 64.0 Å². The summed E-state index contributed by atoms with van der Waals surface area (Å²) in [5, 5.41) is 2.99. The second kappa shape index (κ2) is 6.88. The predicted octanol–water partition coefficient (Wildman–Crippen LogP) is 3.21. The van der Waals surface area contributed by atoms with E-state index in [0.29, 0.717) is 20.3 Å². The zero-order chi connectivity index (χ0) is 19.0. The van der Waals surface area contributed by atoms with Crippen molar-refractivity contribution < 1.29 is 13.6 Å². The molecule has 1 N–H and O–H groups in total. The van der Waals surface area contributed by atoms with E-state index < -0.39 is 11.4 Å². The minimum atomic E-state index is -0.430. The number of carbonyl (C=O) groups is 1. The lowest BCUT2D eigenvalue weighted by Crippen LogP contribution is -2.31. The van der Waals surface area contributed by atoms with E-state index in [4.69, 9.17) is 0 Å². The van der Waals surface area contributed by atoms with Gasteiger partial charge in [0.15, 0.2) is 0 Å². The first kappa shape index (κ1) is 17.3.